The smallest absolute Gasteiger partial charge is 0.300 e. The van der Waals surface area contributed by atoms with E-state index in [1.165, 1.54) is 9.80 Å². The summed E-state index contributed by atoms with van der Waals surface area (Å²) in [6, 6.07) is 22.3. The second kappa shape index (κ2) is 10.1. The molecule has 0 bridgehead atoms. The fourth-order valence-electron chi connectivity index (χ4n) is 7.82. The van der Waals surface area contributed by atoms with Gasteiger partial charge in [-0.1, -0.05) is 91.0 Å². The van der Waals surface area contributed by atoms with Gasteiger partial charge in [0.2, 0.25) is 11.8 Å². The van der Waals surface area contributed by atoms with Crippen LogP contribution in [0.1, 0.15) is 54.8 Å². The molecule has 1 aliphatic carbocycles. The first-order chi connectivity index (χ1) is 20.3. The van der Waals surface area contributed by atoms with E-state index < -0.39 is 35.4 Å². The number of rotatable bonds is 5. The van der Waals surface area contributed by atoms with Gasteiger partial charge in [-0.3, -0.25) is 19.3 Å². The van der Waals surface area contributed by atoms with Crippen molar-refractivity contribution >= 4 is 41.0 Å². The standard InChI is InChI=1S/C34H32ClN3O4/c1-21-12-18-26(19-13-21)37-32(41)34(20-22-8-4-2-5-9-22)28-27(30(39)36(31(28)40)25-10-6-3-7-11-25)29(38(34)33(37)42)23-14-16-24(35)17-15-23/h2,4-5,8-9,12-19,25,27-29H,3,6-7,10-11,20H2,1H3/t27-,28-,29-,34-/m1/s1. The number of anilines is 1. The highest BCUT2D eigenvalue weighted by Crippen LogP contribution is 2.60. The van der Waals surface area contributed by atoms with E-state index in [1.54, 1.807) is 41.3 Å². The monoisotopic (exact) mass is 581 g/mol. The summed E-state index contributed by atoms with van der Waals surface area (Å²) >= 11 is 6.25. The number of carbonyl (C=O) groups excluding carboxylic acids is 4. The Morgan fingerprint density at radius 3 is 2.14 bits per heavy atom. The summed E-state index contributed by atoms with van der Waals surface area (Å²) in [4.78, 5) is 62.6. The number of aryl methyl sites for hydroxylation is 1. The van der Waals surface area contributed by atoms with Gasteiger partial charge in [0.25, 0.3) is 5.91 Å². The first-order valence-corrected chi connectivity index (χ1v) is 15.1. The number of imide groups is 2. The molecule has 8 heteroatoms. The van der Waals surface area contributed by atoms with Crippen LogP contribution >= 0.6 is 11.6 Å². The van der Waals surface area contributed by atoms with Crippen LogP contribution in [0, 0.1) is 18.8 Å². The SMILES string of the molecule is Cc1ccc(N2C(=O)N3[C@H](c4ccc(Cl)cc4)[C@@H]4C(=O)N(C5CCCCC5)C(=O)[C@@H]4[C@]3(Cc3ccccc3)C2=O)cc1. The third-order valence-electron chi connectivity index (χ3n) is 9.68. The summed E-state index contributed by atoms with van der Waals surface area (Å²) in [6.07, 6.45) is 4.65. The number of hydrogen-bond donors (Lipinski definition) is 0. The van der Waals surface area contributed by atoms with E-state index in [0.29, 0.717) is 16.3 Å². The van der Waals surface area contributed by atoms with Gasteiger partial charge in [0.05, 0.1) is 23.6 Å². The Morgan fingerprint density at radius 2 is 1.48 bits per heavy atom. The van der Waals surface area contributed by atoms with E-state index in [9.17, 15) is 19.2 Å². The number of halogens is 1. The van der Waals surface area contributed by atoms with Crippen LogP contribution in [-0.4, -0.2) is 45.1 Å². The molecule has 3 heterocycles. The first-order valence-electron chi connectivity index (χ1n) is 14.7. The molecule has 0 radical (unpaired) electrons. The zero-order valence-electron chi connectivity index (χ0n) is 23.4. The molecular weight excluding hydrogens is 550 g/mol. The molecule has 7 rings (SSSR count). The lowest BCUT2D eigenvalue weighted by atomic mass is 9.75. The van der Waals surface area contributed by atoms with Gasteiger partial charge in [-0.25, -0.2) is 9.69 Å². The quantitative estimate of drug-likeness (QED) is 0.270. The summed E-state index contributed by atoms with van der Waals surface area (Å²) in [5.41, 5.74) is 1.39. The minimum absolute atomic E-state index is 0.129. The van der Waals surface area contributed by atoms with E-state index in [-0.39, 0.29) is 24.3 Å². The summed E-state index contributed by atoms with van der Waals surface area (Å²) in [6.45, 7) is 1.94. The van der Waals surface area contributed by atoms with Gasteiger partial charge in [0, 0.05) is 17.5 Å². The van der Waals surface area contributed by atoms with Crippen LogP contribution < -0.4 is 4.90 Å². The third kappa shape index (κ3) is 3.86. The van der Waals surface area contributed by atoms with Crippen LogP contribution in [0.4, 0.5) is 10.5 Å². The molecule has 42 heavy (non-hydrogen) atoms. The number of amides is 5. The number of nitrogens with zero attached hydrogens (tertiary/aromatic N) is 3. The van der Waals surface area contributed by atoms with Crippen LogP contribution in [0.2, 0.25) is 5.02 Å². The molecule has 4 atom stereocenters. The first kappa shape index (κ1) is 26.9. The average Bonchev–Trinajstić information content (AvgIpc) is 3.52. The van der Waals surface area contributed by atoms with Crippen LogP contribution in [0.15, 0.2) is 78.9 Å². The number of benzene rings is 3. The van der Waals surface area contributed by atoms with Gasteiger partial charge in [0.15, 0.2) is 0 Å². The predicted octanol–water partition coefficient (Wildman–Crippen LogP) is 6.09. The molecule has 0 aromatic heterocycles. The van der Waals surface area contributed by atoms with Gasteiger partial charge in [-0.15, -0.1) is 0 Å². The maximum absolute atomic E-state index is 14.9. The number of carbonyl (C=O) groups is 4. The van der Waals surface area contributed by atoms with Crippen LogP contribution in [0.5, 0.6) is 0 Å². The average molecular weight is 582 g/mol. The predicted molar refractivity (Wildman–Crippen MR) is 159 cm³/mol. The molecule has 3 aromatic carbocycles. The van der Waals surface area contributed by atoms with Crippen molar-refractivity contribution in [3.63, 3.8) is 0 Å². The zero-order chi connectivity index (χ0) is 29.2. The Labute approximate surface area is 250 Å². The van der Waals surface area contributed by atoms with E-state index >= 15 is 0 Å². The Bertz CT molecular complexity index is 1570. The largest absolute Gasteiger partial charge is 0.332 e. The van der Waals surface area contributed by atoms with Crippen molar-refractivity contribution in [2.45, 2.75) is 63.1 Å². The molecule has 0 N–H and O–H groups in total. The Kier molecular flexibility index (Phi) is 6.46. The Morgan fingerprint density at radius 1 is 0.810 bits per heavy atom. The van der Waals surface area contributed by atoms with Crippen molar-refractivity contribution in [3.05, 3.63) is 101 Å². The van der Waals surface area contributed by atoms with Crippen molar-refractivity contribution in [2.24, 2.45) is 11.8 Å². The van der Waals surface area contributed by atoms with E-state index in [0.717, 1.165) is 43.2 Å². The minimum atomic E-state index is -1.56. The van der Waals surface area contributed by atoms with Gasteiger partial charge >= 0.3 is 6.03 Å². The number of fused-ring (bicyclic) bond motifs is 3. The molecule has 4 aliphatic rings. The van der Waals surface area contributed by atoms with Gasteiger partial charge in [0.1, 0.15) is 5.54 Å². The topological polar surface area (TPSA) is 78.0 Å². The summed E-state index contributed by atoms with van der Waals surface area (Å²) in [5.74, 6) is -2.93. The Balaban J connectivity index is 1.45. The van der Waals surface area contributed by atoms with Crippen LogP contribution in [0.3, 0.4) is 0 Å². The summed E-state index contributed by atoms with van der Waals surface area (Å²) < 4.78 is 0. The number of likely N-dealkylation sites (tertiary alicyclic amines) is 1. The molecule has 4 fully saturated rings. The molecule has 3 aromatic rings. The van der Waals surface area contributed by atoms with Crippen molar-refractivity contribution < 1.29 is 19.2 Å². The normalized spacial score (nSPS) is 27.7. The minimum Gasteiger partial charge on any atom is -0.300 e. The molecule has 0 spiro atoms. The zero-order valence-corrected chi connectivity index (χ0v) is 24.2. The van der Waals surface area contributed by atoms with Gasteiger partial charge in [-0.05, 0) is 55.2 Å². The second-order valence-corrected chi connectivity index (χ2v) is 12.5. The van der Waals surface area contributed by atoms with Crippen molar-refractivity contribution in [3.8, 4) is 0 Å². The van der Waals surface area contributed by atoms with Gasteiger partial charge in [-0.2, -0.15) is 0 Å². The van der Waals surface area contributed by atoms with Crippen molar-refractivity contribution in [1.82, 2.24) is 9.80 Å². The third-order valence-corrected chi connectivity index (χ3v) is 9.93. The molecule has 3 saturated heterocycles. The van der Waals surface area contributed by atoms with Gasteiger partial charge < -0.3 is 4.90 Å². The number of hydrogen-bond acceptors (Lipinski definition) is 4. The van der Waals surface area contributed by atoms with E-state index in [2.05, 4.69) is 0 Å². The second-order valence-electron chi connectivity index (χ2n) is 12.1. The Hall–Kier alpha value is -3.97. The summed E-state index contributed by atoms with van der Waals surface area (Å²) in [5, 5.41) is 0.520. The molecule has 3 aliphatic heterocycles. The maximum Gasteiger partial charge on any atom is 0.332 e. The molecule has 214 valence electrons. The molecule has 0 unspecified atom stereocenters. The van der Waals surface area contributed by atoms with Crippen molar-refractivity contribution in [2.75, 3.05) is 4.90 Å². The maximum atomic E-state index is 14.9. The number of urea groups is 1. The lowest BCUT2D eigenvalue weighted by Crippen LogP contribution is -2.56. The lowest BCUT2D eigenvalue weighted by molar-refractivity contribution is -0.147. The lowest BCUT2D eigenvalue weighted by Gasteiger charge is -2.37. The fourth-order valence-corrected chi connectivity index (χ4v) is 7.95. The highest BCUT2D eigenvalue weighted by atomic mass is 35.5. The fraction of sp³-hybridized carbons (Fsp3) is 0.353. The van der Waals surface area contributed by atoms with E-state index in [4.69, 9.17) is 11.6 Å². The van der Waals surface area contributed by atoms with Crippen LogP contribution in [0.25, 0.3) is 0 Å². The van der Waals surface area contributed by atoms with E-state index in [1.807, 2.05) is 49.4 Å². The van der Waals surface area contributed by atoms with Crippen molar-refractivity contribution in [1.29, 1.82) is 0 Å². The highest BCUT2D eigenvalue weighted by Gasteiger charge is 2.77. The molecular formula is C34H32ClN3O4. The summed E-state index contributed by atoms with van der Waals surface area (Å²) in [7, 11) is 0. The molecule has 7 nitrogen and oxygen atoms in total. The molecule has 1 saturated carbocycles. The van der Waals surface area contributed by atoms with Crippen LogP contribution in [-0.2, 0) is 20.8 Å². The molecule has 5 amide bonds. The highest BCUT2D eigenvalue weighted by molar-refractivity contribution is 6.30.